The monoisotopic (exact) mass is 524 g/mol. The lowest BCUT2D eigenvalue weighted by Crippen LogP contribution is -2.53. The van der Waals surface area contributed by atoms with Crippen molar-refractivity contribution in [3.63, 3.8) is 0 Å². The Bertz CT molecular complexity index is 989. The Hall–Kier alpha value is -2.95. The largest absolute Gasteiger partial charge is 0.507 e. The molecule has 1 aromatic carbocycles. The third-order valence-corrected chi connectivity index (χ3v) is 6.64. The number of phenolic OH excluding ortho intramolecular Hbond substituents is 1. The lowest BCUT2D eigenvalue weighted by molar-refractivity contribution is -0.125. The molecule has 0 saturated carbocycles. The van der Waals surface area contributed by atoms with Gasteiger partial charge in [-0.05, 0) is 34.1 Å². The van der Waals surface area contributed by atoms with Gasteiger partial charge >= 0.3 is 12.1 Å². The summed E-state index contributed by atoms with van der Waals surface area (Å²) in [5.41, 5.74) is 0.218. The van der Waals surface area contributed by atoms with Crippen LogP contribution in [0, 0.1) is 6.92 Å². The van der Waals surface area contributed by atoms with Crippen molar-refractivity contribution in [1.82, 2.24) is 10.6 Å². The van der Waals surface area contributed by atoms with E-state index in [2.05, 4.69) is 10.6 Å². The van der Waals surface area contributed by atoms with Crippen molar-refractivity contribution in [3.8, 4) is 11.5 Å². The van der Waals surface area contributed by atoms with Gasteiger partial charge in [-0.15, -0.1) is 0 Å². The van der Waals surface area contributed by atoms with Crippen LogP contribution in [0.25, 0.3) is 0 Å². The molecule has 2 rings (SSSR count). The molecule has 200 valence electrons. The fraction of sp³-hybridized carbons (Fsp3) is 0.600. The van der Waals surface area contributed by atoms with Gasteiger partial charge in [-0.25, -0.2) is 9.59 Å². The summed E-state index contributed by atoms with van der Waals surface area (Å²) in [5.74, 6) is -0.351. The minimum Gasteiger partial charge on any atom is -0.507 e. The van der Waals surface area contributed by atoms with Crippen LogP contribution in [0.1, 0.15) is 68.4 Å². The van der Waals surface area contributed by atoms with Crippen molar-refractivity contribution < 1.29 is 38.5 Å². The van der Waals surface area contributed by atoms with Crippen LogP contribution in [0.15, 0.2) is 6.07 Å². The van der Waals surface area contributed by atoms with Gasteiger partial charge in [0.1, 0.15) is 35.5 Å². The zero-order valence-corrected chi connectivity index (χ0v) is 22.5. The predicted octanol–water partition coefficient (Wildman–Crippen LogP) is 3.25. The van der Waals surface area contributed by atoms with Gasteiger partial charge in [0.05, 0.1) is 12.7 Å². The number of aromatic hydroxyl groups is 1. The fourth-order valence-corrected chi connectivity index (χ4v) is 4.76. The van der Waals surface area contributed by atoms with Crippen LogP contribution in [-0.2, 0) is 24.8 Å². The van der Waals surface area contributed by atoms with Crippen LogP contribution in [0.5, 0.6) is 11.5 Å². The summed E-state index contributed by atoms with van der Waals surface area (Å²) in [6.45, 7) is 8.05. The molecule has 1 aromatic rings. The van der Waals surface area contributed by atoms with Crippen molar-refractivity contribution >= 4 is 35.5 Å². The molecule has 2 atom stereocenters. The number of rotatable bonds is 6. The van der Waals surface area contributed by atoms with Gasteiger partial charge in [0.2, 0.25) is 5.91 Å². The van der Waals surface area contributed by atoms with E-state index in [1.807, 2.05) is 0 Å². The highest BCUT2D eigenvalue weighted by molar-refractivity contribution is 7.98. The normalized spacial score (nSPS) is 19.1. The quantitative estimate of drug-likeness (QED) is 0.478. The van der Waals surface area contributed by atoms with E-state index in [0.717, 1.165) is 0 Å². The number of ether oxygens (including phenoxy) is 3. The van der Waals surface area contributed by atoms with Gasteiger partial charge in [0.25, 0.3) is 0 Å². The molecule has 2 amide bonds. The van der Waals surface area contributed by atoms with E-state index in [-0.39, 0.29) is 28.9 Å². The van der Waals surface area contributed by atoms with Crippen molar-refractivity contribution in [2.75, 3.05) is 19.5 Å². The van der Waals surface area contributed by atoms with Crippen LogP contribution in [-0.4, -0.2) is 66.0 Å². The standard InChI is InChI=1S/C25H36N2O8S/c1-7-16(28)9-8-15-12-36-13-17-19(29)10-20(33-6)14(2)21(17)23(31)34-11-18(22(30)26-15)27-24(32)35-25(3,4)5/h10,15,18,29H,7-9,11-13H2,1-6H3,(H,26,30)(H,27,32)/t15-,18+/m1/s1. The number of Topliss-reactive ketones (excluding diaryl/α,β-unsaturated/α-hetero) is 1. The molecule has 0 aliphatic carbocycles. The molecule has 1 aliphatic rings. The SMILES string of the molecule is CCC(=O)CC[C@@H]1CSCc2c(O)cc(OC)c(C)c2C(=O)OC[C@H](NC(=O)OC(C)(C)C)C(=O)N1. The first-order chi connectivity index (χ1) is 16.9. The minimum absolute atomic E-state index is 0.0726. The maximum Gasteiger partial charge on any atom is 0.408 e. The van der Waals surface area contributed by atoms with E-state index < -0.39 is 36.2 Å². The molecule has 3 N–H and O–H groups in total. The number of carbonyl (C=O) groups is 4. The molecule has 36 heavy (non-hydrogen) atoms. The minimum atomic E-state index is -1.24. The van der Waals surface area contributed by atoms with Crippen molar-refractivity contribution in [1.29, 1.82) is 0 Å². The number of cyclic esters (lactones) is 1. The van der Waals surface area contributed by atoms with E-state index in [0.29, 0.717) is 41.9 Å². The third-order valence-electron chi connectivity index (χ3n) is 5.51. The van der Waals surface area contributed by atoms with E-state index in [9.17, 15) is 24.3 Å². The van der Waals surface area contributed by atoms with Crippen LogP contribution in [0.2, 0.25) is 0 Å². The maximum absolute atomic E-state index is 13.1. The highest BCUT2D eigenvalue weighted by atomic mass is 32.2. The number of ketones is 1. The number of carbonyl (C=O) groups excluding carboxylic acids is 4. The fourth-order valence-electron chi connectivity index (χ4n) is 3.61. The Morgan fingerprint density at radius 2 is 2.00 bits per heavy atom. The molecule has 0 spiro atoms. The summed E-state index contributed by atoms with van der Waals surface area (Å²) in [7, 11) is 1.43. The summed E-state index contributed by atoms with van der Waals surface area (Å²) in [5, 5.41) is 15.9. The van der Waals surface area contributed by atoms with Crippen molar-refractivity contribution in [2.24, 2.45) is 0 Å². The number of amides is 2. The molecule has 1 heterocycles. The Labute approximate surface area is 215 Å². The number of nitrogens with one attached hydrogen (secondary N) is 2. The zero-order valence-electron chi connectivity index (χ0n) is 21.7. The molecular weight excluding hydrogens is 488 g/mol. The molecule has 11 heteroatoms. The second-order valence-electron chi connectivity index (χ2n) is 9.53. The van der Waals surface area contributed by atoms with Gasteiger partial charge in [0.15, 0.2) is 0 Å². The molecule has 0 bridgehead atoms. The van der Waals surface area contributed by atoms with Crippen LogP contribution in [0.3, 0.4) is 0 Å². The predicted molar refractivity (Wildman–Crippen MR) is 135 cm³/mol. The summed E-state index contributed by atoms with van der Waals surface area (Å²) >= 11 is 1.39. The highest BCUT2D eigenvalue weighted by Crippen LogP contribution is 2.35. The Morgan fingerprint density at radius 3 is 2.61 bits per heavy atom. The number of hydrogen-bond acceptors (Lipinski definition) is 9. The van der Waals surface area contributed by atoms with E-state index in [1.54, 1.807) is 34.6 Å². The molecule has 0 unspecified atom stereocenters. The molecular formula is C25H36N2O8S. The summed E-state index contributed by atoms with van der Waals surface area (Å²) in [6.07, 6.45) is 0.257. The Kier molecular flexibility index (Phi) is 10.4. The summed E-state index contributed by atoms with van der Waals surface area (Å²) < 4.78 is 16.0. The van der Waals surface area contributed by atoms with Gasteiger partial charge in [-0.3, -0.25) is 9.59 Å². The van der Waals surface area contributed by atoms with Gasteiger partial charge in [-0.1, -0.05) is 6.92 Å². The van der Waals surface area contributed by atoms with Gasteiger partial charge < -0.3 is 30.0 Å². The lowest BCUT2D eigenvalue weighted by Gasteiger charge is -2.26. The number of methoxy groups -OCH3 is 1. The smallest absolute Gasteiger partial charge is 0.408 e. The van der Waals surface area contributed by atoms with Crippen LogP contribution < -0.4 is 15.4 Å². The van der Waals surface area contributed by atoms with E-state index >= 15 is 0 Å². The van der Waals surface area contributed by atoms with Crippen molar-refractivity contribution in [2.45, 2.75) is 77.3 Å². The molecule has 0 aromatic heterocycles. The number of thioether (sulfide) groups is 1. The van der Waals surface area contributed by atoms with Crippen LogP contribution >= 0.6 is 11.8 Å². The van der Waals surface area contributed by atoms with E-state index in [4.69, 9.17) is 14.2 Å². The van der Waals surface area contributed by atoms with Crippen molar-refractivity contribution in [3.05, 3.63) is 22.8 Å². The number of benzene rings is 1. The lowest BCUT2D eigenvalue weighted by atomic mass is 10.0. The molecule has 0 saturated heterocycles. The number of fused-ring (bicyclic) bond motifs is 1. The first-order valence-corrected chi connectivity index (χ1v) is 13.0. The number of esters is 1. The maximum atomic E-state index is 13.1. The Balaban J connectivity index is 2.40. The first kappa shape index (κ1) is 29.3. The molecule has 0 radical (unpaired) electrons. The third kappa shape index (κ3) is 8.32. The Morgan fingerprint density at radius 1 is 1.31 bits per heavy atom. The summed E-state index contributed by atoms with van der Waals surface area (Å²) in [6, 6.07) is -0.179. The zero-order chi connectivity index (χ0) is 27.0. The van der Waals surface area contributed by atoms with Gasteiger partial charge in [0, 0.05) is 47.6 Å². The second-order valence-corrected chi connectivity index (χ2v) is 10.6. The average Bonchev–Trinajstić information content (AvgIpc) is 2.79. The molecule has 0 fully saturated rings. The van der Waals surface area contributed by atoms with E-state index in [1.165, 1.54) is 24.9 Å². The number of phenols is 1. The molecule has 1 aliphatic heterocycles. The second kappa shape index (κ2) is 12.8. The average molecular weight is 525 g/mol. The molecule has 10 nitrogen and oxygen atoms in total. The number of alkyl carbamates (subject to hydrolysis) is 1. The first-order valence-electron chi connectivity index (χ1n) is 11.8. The topological polar surface area (TPSA) is 140 Å². The van der Waals surface area contributed by atoms with Gasteiger partial charge in [-0.2, -0.15) is 11.8 Å². The highest BCUT2D eigenvalue weighted by Gasteiger charge is 2.30. The summed E-state index contributed by atoms with van der Waals surface area (Å²) in [4.78, 5) is 50.5. The number of hydrogen-bond donors (Lipinski definition) is 3. The van der Waals surface area contributed by atoms with Crippen LogP contribution in [0.4, 0.5) is 4.79 Å².